The number of amides is 1. The summed E-state index contributed by atoms with van der Waals surface area (Å²) >= 11 is 12.1. The fourth-order valence-corrected chi connectivity index (χ4v) is 5.27. The third kappa shape index (κ3) is 4.88. The lowest BCUT2D eigenvalue weighted by Crippen LogP contribution is -2.60. The molecular formula is C25H19Cl2F3N6O3. The molecule has 0 aliphatic carbocycles. The lowest BCUT2D eigenvalue weighted by molar-refractivity contribution is -0.169. The summed E-state index contributed by atoms with van der Waals surface area (Å²) in [7, 11) is 0. The standard InChI is InChI=1S/C25H19Cl2F3N6O3/c26-16-8-17(10-32-9-16)36-23(38)20(14-1-2-19(28)18(27)7-14)21(35(6-4-31)24(36)39)33-5-3-15(11-33)22(37)34-12-25(29,30)13-34/h1-2,7-10,15H,3,5-6,11-13H2/t15-/m0/s1. The zero-order valence-electron chi connectivity index (χ0n) is 20.1. The molecule has 0 spiro atoms. The van der Waals surface area contributed by atoms with Gasteiger partial charge >= 0.3 is 5.69 Å². The van der Waals surface area contributed by atoms with Crippen LogP contribution in [0.4, 0.5) is 19.0 Å². The molecular weight excluding hydrogens is 560 g/mol. The highest BCUT2D eigenvalue weighted by molar-refractivity contribution is 6.31. The highest BCUT2D eigenvalue weighted by Crippen LogP contribution is 2.35. The van der Waals surface area contributed by atoms with Crippen LogP contribution in [0.1, 0.15) is 6.42 Å². The number of nitrogens with zero attached hydrogens (tertiary/aromatic N) is 6. The van der Waals surface area contributed by atoms with E-state index in [1.165, 1.54) is 30.6 Å². The molecule has 2 aliphatic heterocycles. The maximum Gasteiger partial charge on any atom is 0.338 e. The maximum atomic E-state index is 14.0. The summed E-state index contributed by atoms with van der Waals surface area (Å²) in [6.45, 7) is -1.60. The number of nitriles is 1. The fourth-order valence-electron chi connectivity index (χ4n) is 4.92. The predicted molar refractivity (Wildman–Crippen MR) is 137 cm³/mol. The number of halogens is 5. The Labute approximate surface area is 229 Å². The van der Waals surface area contributed by atoms with Crippen molar-refractivity contribution in [1.82, 2.24) is 19.0 Å². The smallest absolute Gasteiger partial charge is 0.338 e. The number of rotatable bonds is 5. The molecule has 39 heavy (non-hydrogen) atoms. The monoisotopic (exact) mass is 578 g/mol. The van der Waals surface area contributed by atoms with Crippen molar-refractivity contribution in [1.29, 1.82) is 5.26 Å². The average molecular weight is 579 g/mol. The predicted octanol–water partition coefficient (Wildman–Crippen LogP) is 3.33. The molecule has 2 saturated heterocycles. The van der Waals surface area contributed by atoms with Gasteiger partial charge in [-0.15, -0.1) is 0 Å². The van der Waals surface area contributed by atoms with E-state index in [0.29, 0.717) is 0 Å². The molecule has 202 valence electrons. The van der Waals surface area contributed by atoms with Crippen molar-refractivity contribution in [2.75, 3.05) is 31.1 Å². The molecule has 0 N–H and O–H groups in total. The van der Waals surface area contributed by atoms with Crippen molar-refractivity contribution < 1.29 is 18.0 Å². The Kier molecular flexibility index (Phi) is 6.90. The normalized spacial score (nSPS) is 18.1. The van der Waals surface area contributed by atoms with E-state index in [1.54, 1.807) is 4.90 Å². The minimum atomic E-state index is -2.92. The molecule has 1 aromatic carbocycles. The van der Waals surface area contributed by atoms with Gasteiger partial charge in [0.15, 0.2) is 0 Å². The van der Waals surface area contributed by atoms with E-state index in [-0.39, 0.29) is 52.2 Å². The summed E-state index contributed by atoms with van der Waals surface area (Å²) in [6, 6.07) is 6.85. The van der Waals surface area contributed by atoms with Gasteiger partial charge in [-0.2, -0.15) is 5.26 Å². The Balaban J connectivity index is 1.69. The van der Waals surface area contributed by atoms with Crippen molar-refractivity contribution in [2.45, 2.75) is 18.9 Å². The van der Waals surface area contributed by atoms with E-state index in [2.05, 4.69) is 4.98 Å². The molecule has 2 aliphatic rings. The number of aromatic nitrogens is 3. The first-order valence-electron chi connectivity index (χ1n) is 11.8. The summed E-state index contributed by atoms with van der Waals surface area (Å²) in [5.41, 5.74) is -1.55. The lowest BCUT2D eigenvalue weighted by atomic mass is 10.0. The van der Waals surface area contributed by atoms with Crippen molar-refractivity contribution in [3.05, 3.63) is 73.4 Å². The van der Waals surface area contributed by atoms with Crippen molar-refractivity contribution in [3.63, 3.8) is 0 Å². The SMILES string of the molecule is N#CCn1c(N2CC[C@H](C(=O)N3CC(F)(F)C3)C2)c(-c2ccc(F)c(Cl)c2)c(=O)n(-c2cncc(Cl)c2)c1=O. The number of benzene rings is 1. The molecule has 3 aromatic rings. The summed E-state index contributed by atoms with van der Waals surface area (Å²) < 4.78 is 42.6. The van der Waals surface area contributed by atoms with Crippen molar-refractivity contribution in [3.8, 4) is 22.9 Å². The summed E-state index contributed by atoms with van der Waals surface area (Å²) in [6.07, 6.45) is 2.83. The van der Waals surface area contributed by atoms with Gasteiger partial charge in [0, 0.05) is 19.3 Å². The van der Waals surface area contributed by atoms with Crippen LogP contribution >= 0.6 is 23.2 Å². The molecule has 5 rings (SSSR count). The Hall–Kier alpha value is -3.82. The van der Waals surface area contributed by atoms with Gasteiger partial charge in [-0.1, -0.05) is 29.3 Å². The quantitative estimate of drug-likeness (QED) is 0.460. The molecule has 2 aromatic heterocycles. The highest BCUT2D eigenvalue weighted by Gasteiger charge is 2.48. The number of hydrogen-bond donors (Lipinski definition) is 0. The number of likely N-dealkylation sites (tertiary alicyclic amines) is 1. The molecule has 14 heteroatoms. The zero-order valence-corrected chi connectivity index (χ0v) is 21.6. The van der Waals surface area contributed by atoms with Gasteiger partial charge < -0.3 is 9.80 Å². The Morgan fingerprint density at radius 3 is 2.56 bits per heavy atom. The molecule has 9 nitrogen and oxygen atoms in total. The van der Waals surface area contributed by atoms with Crippen LogP contribution in [-0.2, 0) is 11.3 Å². The molecule has 0 radical (unpaired) electrons. The minimum absolute atomic E-state index is 0.00980. The van der Waals surface area contributed by atoms with Gasteiger partial charge in [-0.25, -0.2) is 22.5 Å². The number of hydrogen-bond acceptors (Lipinski definition) is 6. The van der Waals surface area contributed by atoms with E-state index in [4.69, 9.17) is 23.2 Å². The Morgan fingerprint density at radius 1 is 1.18 bits per heavy atom. The Morgan fingerprint density at radius 2 is 1.92 bits per heavy atom. The maximum absolute atomic E-state index is 14.0. The van der Waals surface area contributed by atoms with E-state index < -0.39 is 54.4 Å². The number of pyridine rings is 1. The second kappa shape index (κ2) is 10.1. The second-order valence-electron chi connectivity index (χ2n) is 9.34. The summed E-state index contributed by atoms with van der Waals surface area (Å²) in [4.78, 5) is 47.1. The van der Waals surface area contributed by atoms with Crippen LogP contribution < -0.4 is 16.1 Å². The third-order valence-corrected chi connectivity index (χ3v) is 7.19. The third-order valence-electron chi connectivity index (χ3n) is 6.70. The largest absolute Gasteiger partial charge is 0.356 e. The molecule has 1 atom stereocenters. The number of carbonyl (C=O) groups is 1. The van der Waals surface area contributed by atoms with Crippen molar-refractivity contribution in [2.24, 2.45) is 5.92 Å². The first kappa shape index (κ1) is 26.8. The van der Waals surface area contributed by atoms with E-state index in [1.807, 2.05) is 6.07 Å². The fraction of sp³-hybridized carbons (Fsp3) is 0.320. The van der Waals surface area contributed by atoms with Gasteiger partial charge in [0.05, 0.1) is 52.6 Å². The lowest BCUT2D eigenvalue weighted by Gasteiger charge is -2.40. The first-order chi connectivity index (χ1) is 18.5. The summed E-state index contributed by atoms with van der Waals surface area (Å²) in [5, 5.41) is 9.45. The highest BCUT2D eigenvalue weighted by atomic mass is 35.5. The van der Waals surface area contributed by atoms with Gasteiger partial charge in [0.25, 0.3) is 11.5 Å². The molecule has 2 fully saturated rings. The number of carbonyl (C=O) groups excluding carboxylic acids is 1. The van der Waals surface area contributed by atoms with Crippen LogP contribution in [0.5, 0.6) is 0 Å². The molecule has 0 saturated carbocycles. The minimum Gasteiger partial charge on any atom is -0.356 e. The topological polar surface area (TPSA) is 104 Å². The van der Waals surface area contributed by atoms with E-state index in [9.17, 15) is 32.8 Å². The van der Waals surface area contributed by atoms with Gasteiger partial charge in [0.2, 0.25) is 5.91 Å². The van der Waals surface area contributed by atoms with Crippen LogP contribution in [0.2, 0.25) is 10.0 Å². The van der Waals surface area contributed by atoms with Crippen LogP contribution in [-0.4, -0.2) is 57.0 Å². The number of alkyl halides is 2. The van der Waals surface area contributed by atoms with E-state index >= 15 is 0 Å². The number of anilines is 1. The summed E-state index contributed by atoms with van der Waals surface area (Å²) in [5.74, 6) is -4.75. The molecule has 0 bridgehead atoms. The van der Waals surface area contributed by atoms with E-state index in [0.717, 1.165) is 20.1 Å². The second-order valence-corrected chi connectivity index (χ2v) is 10.2. The van der Waals surface area contributed by atoms with Crippen LogP contribution in [0.15, 0.2) is 46.2 Å². The molecule has 4 heterocycles. The van der Waals surface area contributed by atoms with Gasteiger partial charge in [-0.05, 0) is 30.2 Å². The average Bonchev–Trinajstić information content (AvgIpc) is 3.35. The van der Waals surface area contributed by atoms with Crippen LogP contribution in [0, 0.1) is 23.1 Å². The van der Waals surface area contributed by atoms with Crippen LogP contribution in [0.3, 0.4) is 0 Å². The Bertz CT molecular complexity index is 1640. The molecule has 0 unspecified atom stereocenters. The van der Waals surface area contributed by atoms with Gasteiger partial charge in [-0.3, -0.25) is 19.1 Å². The van der Waals surface area contributed by atoms with Gasteiger partial charge in [0.1, 0.15) is 18.2 Å². The molecule has 1 amide bonds. The van der Waals surface area contributed by atoms with Crippen LogP contribution in [0.25, 0.3) is 16.8 Å². The van der Waals surface area contributed by atoms with Crippen molar-refractivity contribution >= 4 is 34.9 Å². The zero-order chi connectivity index (χ0) is 28.1. The first-order valence-corrected chi connectivity index (χ1v) is 12.5.